The number of hydrogen-bond acceptors (Lipinski definition) is 6. The minimum Gasteiger partial charge on any atom is -0.497 e. The average Bonchev–Trinajstić information content (AvgIpc) is 2.93. The molecule has 7 heteroatoms. The predicted octanol–water partition coefficient (Wildman–Crippen LogP) is 5.12. The van der Waals surface area contributed by atoms with Crippen LogP contribution in [-0.2, 0) is 19.6 Å². The Bertz CT molecular complexity index is 1400. The Morgan fingerprint density at radius 3 is 2.24 bits per heavy atom. The van der Waals surface area contributed by atoms with E-state index >= 15 is 0 Å². The molecule has 0 spiro atoms. The van der Waals surface area contributed by atoms with Gasteiger partial charge in [-0.25, -0.2) is 4.98 Å². The van der Waals surface area contributed by atoms with Gasteiger partial charge in [-0.05, 0) is 61.4 Å². The Morgan fingerprint density at radius 2 is 1.57 bits per heavy atom. The van der Waals surface area contributed by atoms with Gasteiger partial charge in [0.15, 0.2) is 0 Å². The van der Waals surface area contributed by atoms with Crippen molar-refractivity contribution in [2.75, 3.05) is 25.3 Å². The fourth-order valence-corrected chi connectivity index (χ4v) is 4.71. The first-order valence-corrected chi connectivity index (χ1v) is 12.6. The number of aryl methyl sites for hydroxylation is 1. The number of rotatable bonds is 8. The lowest BCUT2D eigenvalue weighted by molar-refractivity contribution is 0.189. The van der Waals surface area contributed by atoms with Gasteiger partial charge in [-0.3, -0.25) is 19.2 Å². The monoisotopic (exact) mass is 496 g/mol. The molecule has 7 nitrogen and oxygen atoms in total. The lowest BCUT2D eigenvalue weighted by Crippen LogP contribution is -2.47. The third-order valence-corrected chi connectivity index (χ3v) is 6.62. The van der Waals surface area contributed by atoms with Crippen LogP contribution in [0.15, 0.2) is 83.7 Å². The Hall–Kier alpha value is -4.10. The van der Waals surface area contributed by atoms with Crippen molar-refractivity contribution in [3.63, 3.8) is 0 Å². The number of benzene rings is 3. The van der Waals surface area contributed by atoms with E-state index in [1.165, 1.54) is 0 Å². The Labute approximate surface area is 217 Å². The molecule has 1 aliphatic heterocycles. The summed E-state index contributed by atoms with van der Waals surface area (Å²) in [5, 5.41) is 0. The number of aromatic nitrogens is 2. The molecule has 37 heavy (non-hydrogen) atoms. The van der Waals surface area contributed by atoms with Crippen LogP contribution < -0.4 is 19.9 Å². The molecular weight excluding hydrogens is 464 g/mol. The molecule has 1 aromatic heterocycles. The van der Waals surface area contributed by atoms with Crippen LogP contribution in [0.1, 0.15) is 29.3 Å². The van der Waals surface area contributed by atoms with Gasteiger partial charge in [0.25, 0.3) is 5.56 Å². The highest BCUT2D eigenvalue weighted by molar-refractivity contribution is 5.59. The summed E-state index contributed by atoms with van der Waals surface area (Å²) in [6.45, 7) is 6.26. The molecule has 190 valence electrons. The summed E-state index contributed by atoms with van der Waals surface area (Å²) in [5.41, 5.74) is 4.70. The second kappa shape index (κ2) is 10.9. The largest absolute Gasteiger partial charge is 0.497 e. The van der Waals surface area contributed by atoms with E-state index in [1.807, 2.05) is 80.6 Å². The Morgan fingerprint density at radius 1 is 0.865 bits per heavy atom. The Kier molecular flexibility index (Phi) is 7.23. The maximum atomic E-state index is 13.9. The van der Waals surface area contributed by atoms with E-state index in [-0.39, 0.29) is 5.56 Å². The summed E-state index contributed by atoms with van der Waals surface area (Å²) in [4.78, 5) is 23.2. The molecule has 0 N–H and O–H groups in total. The number of hydrogen-bond donors (Lipinski definition) is 0. The summed E-state index contributed by atoms with van der Waals surface area (Å²) in [6, 6.07) is 26.1. The van der Waals surface area contributed by atoms with Gasteiger partial charge in [0, 0.05) is 24.2 Å². The Balaban J connectivity index is 1.53. The minimum atomic E-state index is 0.00159. The van der Waals surface area contributed by atoms with E-state index in [4.69, 9.17) is 14.5 Å². The van der Waals surface area contributed by atoms with Gasteiger partial charge in [-0.2, -0.15) is 0 Å². The van der Waals surface area contributed by atoms with Gasteiger partial charge in [0.2, 0.25) is 5.95 Å². The highest BCUT2D eigenvalue weighted by Crippen LogP contribution is 2.30. The van der Waals surface area contributed by atoms with Crippen LogP contribution in [-0.4, -0.2) is 34.8 Å². The number of anilines is 2. The van der Waals surface area contributed by atoms with Gasteiger partial charge in [-0.15, -0.1) is 0 Å². The van der Waals surface area contributed by atoms with Crippen LogP contribution in [0, 0.1) is 6.92 Å². The topological polar surface area (TPSA) is 59.8 Å². The second-order valence-electron chi connectivity index (χ2n) is 9.19. The highest BCUT2D eigenvalue weighted by Gasteiger charge is 2.28. The van der Waals surface area contributed by atoms with Crippen molar-refractivity contribution >= 4 is 11.6 Å². The smallest absolute Gasteiger partial charge is 0.259 e. The van der Waals surface area contributed by atoms with Crippen molar-refractivity contribution < 1.29 is 9.47 Å². The van der Waals surface area contributed by atoms with Crippen molar-refractivity contribution in [3.8, 4) is 11.5 Å². The number of ether oxygens (including phenoxy) is 2. The molecule has 0 aliphatic carbocycles. The van der Waals surface area contributed by atoms with Gasteiger partial charge >= 0.3 is 0 Å². The quantitative estimate of drug-likeness (QED) is 0.338. The van der Waals surface area contributed by atoms with Crippen LogP contribution in [0.2, 0.25) is 0 Å². The fourth-order valence-electron chi connectivity index (χ4n) is 4.71. The molecular formula is C30H32N4O3. The predicted molar refractivity (Wildman–Crippen MR) is 146 cm³/mol. The molecule has 0 saturated heterocycles. The molecule has 4 aromatic rings. The zero-order valence-corrected chi connectivity index (χ0v) is 21.6. The van der Waals surface area contributed by atoms with E-state index in [9.17, 15) is 4.79 Å². The molecule has 0 saturated carbocycles. The van der Waals surface area contributed by atoms with E-state index in [0.29, 0.717) is 38.9 Å². The number of methoxy groups -OCH3 is 1. The summed E-state index contributed by atoms with van der Waals surface area (Å²) >= 11 is 0. The standard InChI is InChI=1S/C30H32N4O3/c1-4-37-27-16-12-25(13-17-27)33-20-32(19-24-10-14-26(36-3)15-11-24)21-34-29(35)28(22(2)31-30(33)34)18-23-8-6-5-7-9-23/h5-17H,4,18-21H2,1-3H3. The van der Waals surface area contributed by atoms with Crippen LogP contribution in [0.5, 0.6) is 11.5 Å². The molecule has 5 rings (SSSR count). The molecule has 0 bridgehead atoms. The van der Waals surface area contributed by atoms with Crippen molar-refractivity contribution in [1.82, 2.24) is 14.5 Å². The molecule has 0 unspecified atom stereocenters. The molecule has 0 fully saturated rings. The normalized spacial score (nSPS) is 13.3. The van der Waals surface area contributed by atoms with E-state index in [0.717, 1.165) is 39.6 Å². The van der Waals surface area contributed by atoms with Crippen molar-refractivity contribution in [1.29, 1.82) is 0 Å². The molecule has 0 atom stereocenters. The summed E-state index contributed by atoms with van der Waals surface area (Å²) in [6.07, 6.45) is 0.556. The molecule has 0 radical (unpaired) electrons. The third kappa shape index (κ3) is 5.37. The third-order valence-electron chi connectivity index (χ3n) is 6.62. The van der Waals surface area contributed by atoms with Gasteiger partial charge < -0.3 is 9.47 Å². The van der Waals surface area contributed by atoms with E-state index < -0.39 is 0 Å². The molecule has 2 heterocycles. The van der Waals surface area contributed by atoms with Crippen molar-refractivity contribution in [3.05, 3.63) is 112 Å². The molecule has 0 amide bonds. The lowest BCUT2D eigenvalue weighted by Gasteiger charge is -2.38. The van der Waals surface area contributed by atoms with E-state index in [1.54, 1.807) is 11.7 Å². The first-order valence-electron chi connectivity index (χ1n) is 12.6. The zero-order valence-electron chi connectivity index (χ0n) is 21.6. The van der Waals surface area contributed by atoms with Crippen molar-refractivity contribution in [2.24, 2.45) is 0 Å². The highest BCUT2D eigenvalue weighted by atomic mass is 16.5. The first-order chi connectivity index (χ1) is 18.1. The second-order valence-corrected chi connectivity index (χ2v) is 9.19. The minimum absolute atomic E-state index is 0.00159. The fraction of sp³-hybridized carbons (Fsp3) is 0.267. The number of fused-ring (bicyclic) bond motifs is 1. The van der Waals surface area contributed by atoms with Crippen LogP contribution in [0.4, 0.5) is 11.6 Å². The maximum absolute atomic E-state index is 13.9. The van der Waals surface area contributed by atoms with Crippen molar-refractivity contribution in [2.45, 2.75) is 33.5 Å². The summed E-state index contributed by atoms with van der Waals surface area (Å²) < 4.78 is 12.7. The summed E-state index contributed by atoms with van der Waals surface area (Å²) in [5.74, 6) is 2.30. The molecule has 1 aliphatic rings. The first kappa shape index (κ1) is 24.6. The van der Waals surface area contributed by atoms with Crippen LogP contribution in [0.25, 0.3) is 0 Å². The van der Waals surface area contributed by atoms with Crippen LogP contribution in [0.3, 0.4) is 0 Å². The van der Waals surface area contributed by atoms with Gasteiger partial charge in [-0.1, -0.05) is 42.5 Å². The average molecular weight is 497 g/mol. The van der Waals surface area contributed by atoms with Gasteiger partial charge in [0.1, 0.15) is 11.5 Å². The lowest BCUT2D eigenvalue weighted by atomic mass is 10.1. The SMILES string of the molecule is CCOc1ccc(N2CN(Cc3ccc(OC)cc3)Cn3c2nc(C)c(Cc2ccccc2)c3=O)cc1. The summed E-state index contributed by atoms with van der Waals surface area (Å²) in [7, 11) is 1.67. The number of nitrogens with zero attached hydrogens (tertiary/aromatic N) is 4. The van der Waals surface area contributed by atoms with Gasteiger partial charge in [0.05, 0.1) is 32.7 Å². The maximum Gasteiger partial charge on any atom is 0.259 e. The van der Waals surface area contributed by atoms with Crippen LogP contribution >= 0.6 is 0 Å². The molecule has 3 aromatic carbocycles. The van der Waals surface area contributed by atoms with E-state index in [2.05, 4.69) is 21.9 Å². The zero-order chi connectivity index (χ0) is 25.8.